The van der Waals surface area contributed by atoms with E-state index in [0.717, 1.165) is 6.54 Å². The lowest BCUT2D eigenvalue weighted by Crippen LogP contribution is -2.19. The van der Waals surface area contributed by atoms with Gasteiger partial charge in [-0.2, -0.15) is 0 Å². The summed E-state index contributed by atoms with van der Waals surface area (Å²) in [7, 11) is 4.14. The van der Waals surface area contributed by atoms with Crippen molar-refractivity contribution in [3.05, 3.63) is 29.8 Å². The van der Waals surface area contributed by atoms with Crippen LogP contribution in [-0.2, 0) is 6.54 Å². The summed E-state index contributed by atoms with van der Waals surface area (Å²) in [6.07, 6.45) is 1.31. The first kappa shape index (κ1) is 11.5. The molecule has 1 atom stereocenters. The largest absolute Gasteiger partial charge is 0.378 e. The summed E-state index contributed by atoms with van der Waals surface area (Å²) in [6.45, 7) is 5.63. The number of nitrogens with zero attached hydrogens (tertiary/aromatic N) is 1. The van der Waals surface area contributed by atoms with Gasteiger partial charge in [0, 0.05) is 32.4 Å². The SMILES string of the molecule is CN(C)c1ccc(CNC2CC2(C)C)cc1. The zero-order chi connectivity index (χ0) is 11.8. The van der Waals surface area contributed by atoms with Gasteiger partial charge in [-0.05, 0) is 29.5 Å². The number of benzene rings is 1. The van der Waals surface area contributed by atoms with E-state index in [4.69, 9.17) is 0 Å². The van der Waals surface area contributed by atoms with E-state index < -0.39 is 0 Å². The van der Waals surface area contributed by atoms with Crippen molar-refractivity contribution in [3.8, 4) is 0 Å². The Hall–Kier alpha value is -1.02. The van der Waals surface area contributed by atoms with Gasteiger partial charge in [0.15, 0.2) is 0 Å². The van der Waals surface area contributed by atoms with Crippen LogP contribution in [-0.4, -0.2) is 20.1 Å². The molecule has 0 bridgehead atoms. The highest BCUT2D eigenvalue weighted by Gasteiger charge is 2.44. The minimum absolute atomic E-state index is 0.517. The molecule has 0 amide bonds. The van der Waals surface area contributed by atoms with Crippen molar-refractivity contribution < 1.29 is 0 Å². The lowest BCUT2D eigenvalue weighted by molar-refractivity contribution is 0.542. The average Bonchev–Trinajstić information content (AvgIpc) is 2.84. The fraction of sp³-hybridized carbons (Fsp3) is 0.571. The Morgan fingerprint density at radius 3 is 2.25 bits per heavy atom. The van der Waals surface area contributed by atoms with Crippen LogP contribution in [0.3, 0.4) is 0 Å². The van der Waals surface area contributed by atoms with Crippen LogP contribution in [0.15, 0.2) is 24.3 Å². The molecule has 16 heavy (non-hydrogen) atoms. The van der Waals surface area contributed by atoms with Crippen molar-refractivity contribution in [3.63, 3.8) is 0 Å². The van der Waals surface area contributed by atoms with Crippen LogP contribution >= 0.6 is 0 Å². The quantitative estimate of drug-likeness (QED) is 0.836. The Labute approximate surface area is 98.7 Å². The molecule has 1 aromatic carbocycles. The van der Waals surface area contributed by atoms with Crippen molar-refractivity contribution in [2.45, 2.75) is 32.9 Å². The van der Waals surface area contributed by atoms with Crippen molar-refractivity contribution in [1.82, 2.24) is 5.32 Å². The van der Waals surface area contributed by atoms with Gasteiger partial charge in [0.05, 0.1) is 0 Å². The van der Waals surface area contributed by atoms with E-state index >= 15 is 0 Å². The van der Waals surface area contributed by atoms with Crippen molar-refractivity contribution in [1.29, 1.82) is 0 Å². The highest BCUT2D eigenvalue weighted by atomic mass is 15.1. The molecule has 1 N–H and O–H groups in total. The van der Waals surface area contributed by atoms with Gasteiger partial charge in [0.25, 0.3) is 0 Å². The van der Waals surface area contributed by atoms with Gasteiger partial charge >= 0.3 is 0 Å². The lowest BCUT2D eigenvalue weighted by Gasteiger charge is -2.13. The third-order valence-corrected chi connectivity index (χ3v) is 3.52. The van der Waals surface area contributed by atoms with E-state index in [1.807, 2.05) is 0 Å². The molecule has 0 aromatic heterocycles. The van der Waals surface area contributed by atoms with E-state index in [1.54, 1.807) is 0 Å². The predicted molar refractivity (Wildman–Crippen MR) is 69.8 cm³/mol. The third kappa shape index (κ3) is 2.56. The first-order valence-electron chi connectivity index (χ1n) is 5.99. The maximum Gasteiger partial charge on any atom is 0.0361 e. The second-order valence-electron chi connectivity index (χ2n) is 5.69. The standard InChI is InChI=1S/C14H22N2/c1-14(2)9-13(14)15-10-11-5-7-12(8-6-11)16(3)4/h5-8,13,15H,9-10H2,1-4H3. The fourth-order valence-electron chi connectivity index (χ4n) is 1.97. The van der Waals surface area contributed by atoms with Crippen LogP contribution in [0.1, 0.15) is 25.8 Å². The second-order valence-corrected chi connectivity index (χ2v) is 5.69. The number of hydrogen-bond acceptors (Lipinski definition) is 2. The van der Waals surface area contributed by atoms with E-state index in [2.05, 4.69) is 62.4 Å². The molecule has 1 aliphatic rings. The lowest BCUT2D eigenvalue weighted by atomic mass is 10.1. The summed E-state index contributed by atoms with van der Waals surface area (Å²) in [5, 5.41) is 3.60. The molecule has 1 unspecified atom stereocenters. The molecule has 1 aromatic rings. The maximum atomic E-state index is 3.60. The molecule has 0 radical (unpaired) electrons. The minimum atomic E-state index is 0.517. The molecule has 0 heterocycles. The number of anilines is 1. The molecule has 1 fully saturated rings. The van der Waals surface area contributed by atoms with Crippen LogP contribution in [0.25, 0.3) is 0 Å². The van der Waals surface area contributed by atoms with Gasteiger partial charge in [0.2, 0.25) is 0 Å². The van der Waals surface area contributed by atoms with Crippen LogP contribution in [0, 0.1) is 5.41 Å². The normalized spacial score (nSPS) is 21.9. The molecular formula is C14H22N2. The first-order chi connectivity index (χ1) is 7.49. The van der Waals surface area contributed by atoms with Gasteiger partial charge < -0.3 is 10.2 Å². The average molecular weight is 218 g/mol. The van der Waals surface area contributed by atoms with E-state index in [1.165, 1.54) is 17.7 Å². The third-order valence-electron chi connectivity index (χ3n) is 3.52. The number of nitrogens with one attached hydrogen (secondary N) is 1. The number of rotatable bonds is 4. The molecule has 2 nitrogen and oxygen atoms in total. The summed E-state index contributed by atoms with van der Waals surface area (Å²) in [5.41, 5.74) is 3.15. The van der Waals surface area contributed by atoms with Crippen LogP contribution < -0.4 is 10.2 Å². The summed E-state index contributed by atoms with van der Waals surface area (Å²) in [4.78, 5) is 2.13. The van der Waals surface area contributed by atoms with Gasteiger partial charge in [-0.3, -0.25) is 0 Å². The second kappa shape index (κ2) is 4.10. The van der Waals surface area contributed by atoms with Gasteiger partial charge in [-0.25, -0.2) is 0 Å². The summed E-state index contributed by atoms with van der Waals surface area (Å²) in [5.74, 6) is 0. The van der Waals surface area contributed by atoms with Gasteiger partial charge in [0.1, 0.15) is 0 Å². The maximum absolute atomic E-state index is 3.60. The van der Waals surface area contributed by atoms with Crippen LogP contribution in [0.4, 0.5) is 5.69 Å². The van der Waals surface area contributed by atoms with Crippen molar-refractivity contribution in [2.75, 3.05) is 19.0 Å². The Balaban J connectivity index is 1.86. The highest BCUT2D eigenvalue weighted by Crippen LogP contribution is 2.44. The summed E-state index contributed by atoms with van der Waals surface area (Å²) >= 11 is 0. The van der Waals surface area contributed by atoms with Crippen LogP contribution in [0.5, 0.6) is 0 Å². The zero-order valence-corrected chi connectivity index (χ0v) is 10.7. The smallest absolute Gasteiger partial charge is 0.0361 e. The molecule has 2 heteroatoms. The van der Waals surface area contributed by atoms with Crippen molar-refractivity contribution in [2.24, 2.45) is 5.41 Å². The number of hydrogen-bond donors (Lipinski definition) is 1. The van der Waals surface area contributed by atoms with Gasteiger partial charge in [-0.1, -0.05) is 26.0 Å². The van der Waals surface area contributed by atoms with Crippen LogP contribution in [0.2, 0.25) is 0 Å². The monoisotopic (exact) mass is 218 g/mol. The first-order valence-corrected chi connectivity index (χ1v) is 5.99. The molecule has 0 saturated heterocycles. The Bertz CT molecular complexity index is 352. The Morgan fingerprint density at radius 2 is 1.81 bits per heavy atom. The van der Waals surface area contributed by atoms with E-state index in [-0.39, 0.29) is 0 Å². The molecule has 0 spiro atoms. The summed E-state index contributed by atoms with van der Waals surface area (Å²) < 4.78 is 0. The Morgan fingerprint density at radius 1 is 1.25 bits per heavy atom. The minimum Gasteiger partial charge on any atom is -0.378 e. The molecule has 88 valence electrons. The predicted octanol–water partition coefficient (Wildman–Crippen LogP) is 2.64. The molecular weight excluding hydrogens is 196 g/mol. The zero-order valence-electron chi connectivity index (χ0n) is 10.7. The van der Waals surface area contributed by atoms with E-state index in [0.29, 0.717) is 11.5 Å². The fourth-order valence-corrected chi connectivity index (χ4v) is 1.97. The molecule has 2 rings (SSSR count). The highest BCUT2D eigenvalue weighted by molar-refractivity contribution is 5.45. The van der Waals surface area contributed by atoms with Crippen molar-refractivity contribution >= 4 is 5.69 Å². The Kier molecular flexibility index (Phi) is 2.94. The van der Waals surface area contributed by atoms with E-state index in [9.17, 15) is 0 Å². The topological polar surface area (TPSA) is 15.3 Å². The summed E-state index contributed by atoms with van der Waals surface area (Å²) in [6, 6.07) is 9.47. The molecule has 1 aliphatic carbocycles. The molecule has 1 saturated carbocycles. The molecule has 0 aliphatic heterocycles. The van der Waals surface area contributed by atoms with Gasteiger partial charge in [-0.15, -0.1) is 0 Å².